The Kier molecular flexibility index (Phi) is 3.13. The summed E-state index contributed by atoms with van der Waals surface area (Å²) in [6.45, 7) is 0.259. The molecule has 0 aliphatic carbocycles. The van der Waals surface area contributed by atoms with Gasteiger partial charge in [0.05, 0.1) is 0 Å². The zero-order valence-electron chi connectivity index (χ0n) is 10.1. The van der Waals surface area contributed by atoms with Crippen LogP contribution in [-0.2, 0) is 6.42 Å². The summed E-state index contributed by atoms with van der Waals surface area (Å²) in [5, 5.41) is -0.434. The summed E-state index contributed by atoms with van der Waals surface area (Å²) in [5.74, 6) is 1.50. The van der Waals surface area contributed by atoms with Gasteiger partial charge in [-0.15, -0.1) is 0 Å². The molecule has 0 radical (unpaired) electrons. The Morgan fingerprint density at radius 2 is 1.89 bits per heavy atom. The summed E-state index contributed by atoms with van der Waals surface area (Å²) in [6.07, 6.45) is 0.630. The van der Waals surface area contributed by atoms with Crippen molar-refractivity contribution in [2.24, 2.45) is 0 Å². The fourth-order valence-corrected chi connectivity index (χ4v) is 2.32. The minimum atomic E-state index is -0.434. The summed E-state index contributed by atoms with van der Waals surface area (Å²) in [7, 11) is 0. The van der Waals surface area contributed by atoms with Crippen molar-refractivity contribution < 1.29 is 14.3 Å². The van der Waals surface area contributed by atoms with E-state index in [0.717, 1.165) is 22.6 Å². The van der Waals surface area contributed by atoms with Gasteiger partial charge in [-0.2, -0.15) is 0 Å². The minimum Gasteiger partial charge on any atom is -0.454 e. The van der Waals surface area contributed by atoms with Crippen LogP contribution in [0, 0.1) is 0 Å². The molecule has 0 saturated carbocycles. The Balaban J connectivity index is 1.91. The Labute approximate surface area is 115 Å². The van der Waals surface area contributed by atoms with Crippen molar-refractivity contribution in [3.8, 4) is 11.5 Å². The van der Waals surface area contributed by atoms with Gasteiger partial charge in [0.25, 0.3) is 5.24 Å². The average molecular weight is 275 g/mol. The minimum absolute atomic E-state index is 0.259. The number of hydrogen-bond donors (Lipinski definition) is 0. The van der Waals surface area contributed by atoms with E-state index in [-0.39, 0.29) is 6.79 Å². The molecule has 0 bridgehead atoms. The highest BCUT2D eigenvalue weighted by Crippen LogP contribution is 2.33. The lowest BCUT2D eigenvalue weighted by Gasteiger charge is -2.07. The van der Waals surface area contributed by atoms with Gasteiger partial charge in [-0.25, -0.2) is 0 Å². The van der Waals surface area contributed by atoms with Crippen LogP contribution in [-0.4, -0.2) is 12.0 Å². The van der Waals surface area contributed by atoms with Gasteiger partial charge in [0.1, 0.15) is 0 Å². The molecule has 3 rings (SSSR count). The first-order valence-electron chi connectivity index (χ1n) is 5.90. The zero-order valence-corrected chi connectivity index (χ0v) is 10.8. The van der Waals surface area contributed by atoms with Crippen LogP contribution in [0.15, 0.2) is 42.5 Å². The van der Waals surface area contributed by atoms with Crippen LogP contribution in [0.25, 0.3) is 0 Å². The second-order valence-corrected chi connectivity index (χ2v) is 4.64. The maximum absolute atomic E-state index is 11.4. The Morgan fingerprint density at radius 3 is 2.74 bits per heavy atom. The number of hydrogen-bond acceptors (Lipinski definition) is 3. The predicted molar refractivity (Wildman–Crippen MR) is 72.0 cm³/mol. The third kappa shape index (κ3) is 2.42. The number of fused-ring (bicyclic) bond motifs is 1. The normalized spacial score (nSPS) is 12.5. The highest BCUT2D eigenvalue weighted by Gasteiger charge is 2.14. The third-order valence-corrected chi connectivity index (χ3v) is 3.26. The molecule has 0 N–H and O–H groups in total. The molecule has 0 unspecified atom stereocenters. The van der Waals surface area contributed by atoms with Gasteiger partial charge in [0, 0.05) is 5.56 Å². The van der Waals surface area contributed by atoms with E-state index < -0.39 is 5.24 Å². The van der Waals surface area contributed by atoms with Crippen LogP contribution in [0.4, 0.5) is 0 Å². The topological polar surface area (TPSA) is 35.5 Å². The van der Waals surface area contributed by atoms with E-state index in [1.54, 1.807) is 12.1 Å². The van der Waals surface area contributed by atoms with E-state index in [1.165, 1.54) is 0 Å². The summed E-state index contributed by atoms with van der Waals surface area (Å²) in [5.41, 5.74) is 2.50. The highest BCUT2D eigenvalue weighted by molar-refractivity contribution is 6.67. The first-order chi connectivity index (χ1) is 9.24. The van der Waals surface area contributed by atoms with Crippen LogP contribution in [0.1, 0.15) is 21.5 Å². The number of benzene rings is 2. The average Bonchev–Trinajstić information content (AvgIpc) is 2.86. The molecule has 96 valence electrons. The lowest BCUT2D eigenvalue weighted by atomic mass is 10.00. The highest BCUT2D eigenvalue weighted by atomic mass is 35.5. The third-order valence-electron chi connectivity index (χ3n) is 3.06. The van der Waals surface area contributed by atoms with Gasteiger partial charge in [-0.05, 0) is 47.3 Å². The Morgan fingerprint density at radius 1 is 1.11 bits per heavy atom. The second-order valence-electron chi connectivity index (χ2n) is 4.30. The molecule has 4 heteroatoms. The van der Waals surface area contributed by atoms with Crippen molar-refractivity contribution in [2.45, 2.75) is 6.42 Å². The van der Waals surface area contributed by atoms with Crippen molar-refractivity contribution in [3.05, 3.63) is 59.2 Å². The quantitative estimate of drug-likeness (QED) is 0.805. The van der Waals surface area contributed by atoms with Gasteiger partial charge in [0.2, 0.25) is 6.79 Å². The van der Waals surface area contributed by atoms with E-state index in [9.17, 15) is 4.79 Å². The van der Waals surface area contributed by atoms with Gasteiger partial charge >= 0.3 is 0 Å². The summed E-state index contributed by atoms with van der Waals surface area (Å²) in [4.78, 5) is 11.4. The zero-order chi connectivity index (χ0) is 13.2. The maximum atomic E-state index is 11.4. The SMILES string of the molecule is O=C(Cl)c1ccccc1Cc1ccc2c(c1)OCO2. The largest absolute Gasteiger partial charge is 0.454 e. The molecule has 0 aromatic heterocycles. The lowest BCUT2D eigenvalue weighted by Crippen LogP contribution is -1.98. The standard InChI is InChI=1S/C15H11ClO3/c16-15(17)12-4-2-1-3-11(12)7-10-5-6-13-14(8-10)19-9-18-13/h1-6,8H,7,9H2. The number of halogens is 1. The van der Waals surface area contributed by atoms with Crippen molar-refractivity contribution >= 4 is 16.8 Å². The number of rotatable bonds is 3. The first-order valence-corrected chi connectivity index (χ1v) is 6.28. The molecule has 0 saturated heterocycles. The van der Waals surface area contributed by atoms with Crippen LogP contribution >= 0.6 is 11.6 Å². The molecule has 1 heterocycles. The van der Waals surface area contributed by atoms with Crippen molar-refractivity contribution in [2.75, 3.05) is 6.79 Å². The Bertz CT molecular complexity index is 637. The van der Waals surface area contributed by atoms with Crippen molar-refractivity contribution in [3.63, 3.8) is 0 Å². The second kappa shape index (κ2) is 4.94. The summed E-state index contributed by atoms with van der Waals surface area (Å²) >= 11 is 5.58. The smallest absolute Gasteiger partial charge is 0.252 e. The molecular formula is C15H11ClO3. The predicted octanol–water partition coefficient (Wildman–Crippen LogP) is 3.39. The molecule has 0 spiro atoms. The molecule has 2 aromatic carbocycles. The molecule has 1 aliphatic heterocycles. The van der Waals surface area contributed by atoms with Crippen LogP contribution in [0.5, 0.6) is 11.5 Å². The Hall–Kier alpha value is -2.00. The van der Waals surface area contributed by atoms with Gasteiger partial charge in [-0.1, -0.05) is 24.3 Å². The molecule has 0 atom stereocenters. The van der Waals surface area contributed by atoms with Crippen molar-refractivity contribution in [1.29, 1.82) is 0 Å². The molecule has 0 fully saturated rings. The van der Waals surface area contributed by atoms with E-state index in [0.29, 0.717) is 12.0 Å². The number of carbonyl (C=O) groups excluding carboxylic acids is 1. The number of carbonyl (C=O) groups is 1. The van der Waals surface area contributed by atoms with E-state index >= 15 is 0 Å². The number of ether oxygens (including phenoxy) is 2. The monoisotopic (exact) mass is 274 g/mol. The fourth-order valence-electron chi connectivity index (χ4n) is 2.14. The van der Waals surface area contributed by atoms with Crippen LogP contribution < -0.4 is 9.47 Å². The molecule has 1 aliphatic rings. The molecule has 3 nitrogen and oxygen atoms in total. The van der Waals surface area contributed by atoms with Crippen LogP contribution in [0.2, 0.25) is 0 Å². The van der Waals surface area contributed by atoms with Crippen molar-refractivity contribution in [1.82, 2.24) is 0 Å². The molecule has 2 aromatic rings. The van der Waals surface area contributed by atoms with Gasteiger partial charge in [-0.3, -0.25) is 4.79 Å². The lowest BCUT2D eigenvalue weighted by molar-refractivity contribution is 0.108. The van der Waals surface area contributed by atoms with E-state index in [2.05, 4.69) is 0 Å². The van der Waals surface area contributed by atoms with Gasteiger partial charge < -0.3 is 9.47 Å². The van der Waals surface area contributed by atoms with E-state index in [1.807, 2.05) is 30.3 Å². The molecule has 19 heavy (non-hydrogen) atoms. The van der Waals surface area contributed by atoms with Crippen LogP contribution in [0.3, 0.4) is 0 Å². The maximum Gasteiger partial charge on any atom is 0.252 e. The summed E-state index contributed by atoms with van der Waals surface area (Å²) in [6, 6.07) is 13.1. The fraction of sp³-hybridized carbons (Fsp3) is 0.133. The molecular weight excluding hydrogens is 264 g/mol. The van der Waals surface area contributed by atoms with E-state index in [4.69, 9.17) is 21.1 Å². The van der Waals surface area contributed by atoms with Gasteiger partial charge in [0.15, 0.2) is 11.5 Å². The first kappa shape index (κ1) is 12.1. The summed E-state index contributed by atoms with van der Waals surface area (Å²) < 4.78 is 10.6. The molecule has 0 amide bonds.